The molecule has 0 spiro atoms. The van der Waals surface area contributed by atoms with Gasteiger partial charge in [-0.3, -0.25) is 0 Å². The minimum atomic E-state index is -3.75. The Morgan fingerprint density at radius 2 is 1.67 bits per heavy atom. The van der Waals surface area contributed by atoms with Crippen LogP contribution in [0.15, 0.2) is 71.6 Å². The molecule has 1 atom stereocenters. The maximum Gasteiger partial charge on any atom is 0.241 e. The molecule has 5 nitrogen and oxygen atoms in total. The van der Waals surface area contributed by atoms with Crippen molar-refractivity contribution in [1.29, 1.82) is 0 Å². The number of aliphatic hydroxyl groups is 1. The van der Waals surface area contributed by atoms with Gasteiger partial charge in [-0.25, -0.2) is 13.1 Å². The topological polar surface area (TPSA) is 75.6 Å². The van der Waals surface area contributed by atoms with Gasteiger partial charge in [0.1, 0.15) is 5.75 Å². The van der Waals surface area contributed by atoms with Crippen LogP contribution in [0.25, 0.3) is 10.8 Å². The van der Waals surface area contributed by atoms with E-state index in [4.69, 9.17) is 4.74 Å². The second kappa shape index (κ2) is 7.68. The smallest absolute Gasteiger partial charge is 0.241 e. The number of rotatable bonds is 7. The summed E-state index contributed by atoms with van der Waals surface area (Å²) >= 11 is 0. The molecule has 0 bridgehead atoms. The molecule has 0 unspecified atom stereocenters. The molecule has 0 saturated carbocycles. The van der Waals surface area contributed by atoms with Crippen molar-refractivity contribution in [2.75, 3.05) is 13.7 Å². The molecule has 0 radical (unpaired) electrons. The summed E-state index contributed by atoms with van der Waals surface area (Å²) in [5.41, 5.74) is -0.336. The number of fused-ring (bicyclic) bond motifs is 1. The Morgan fingerprint density at radius 1 is 1.00 bits per heavy atom. The lowest BCUT2D eigenvalue weighted by atomic mass is 9.97. The third-order valence-corrected chi connectivity index (χ3v) is 5.89. The van der Waals surface area contributed by atoms with E-state index in [2.05, 4.69) is 4.72 Å². The largest absolute Gasteiger partial charge is 0.497 e. The first-order valence-electron chi connectivity index (χ1n) is 8.63. The Bertz CT molecular complexity index is 1020. The van der Waals surface area contributed by atoms with Crippen LogP contribution in [0, 0.1) is 0 Å². The third kappa shape index (κ3) is 4.66. The minimum Gasteiger partial charge on any atom is -0.497 e. The van der Waals surface area contributed by atoms with E-state index in [0.717, 1.165) is 16.7 Å². The maximum absolute atomic E-state index is 12.8. The van der Waals surface area contributed by atoms with Crippen LogP contribution in [0.4, 0.5) is 0 Å². The molecule has 0 aliphatic carbocycles. The molecule has 0 saturated heterocycles. The van der Waals surface area contributed by atoms with Gasteiger partial charge in [-0.1, -0.05) is 48.5 Å². The summed E-state index contributed by atoms with van der Waals surface area (Å²) < 4.78 is 33.2. The normalized spacial score (nSPS) is 14.0. The summed E-state index contributed by atoms with van der Waals surface area (Å²) in [5, 5.41) is 12.2. The molecule has 0 heterocycles. The van der Waals surface area contributed by atoms with Crippen LogP contribution >= 0.6 is 0 Å². The van der Waals surface area contributed by atoms with Gasteiger partial charge in [0.05, 0.1) is 17.6 Å². The molecule has 142 valence electrons. The number of benzene rings is 3. The van der Waals surface area contributed by atoms with E-state index in [1.165, 1.54) is 0 Å². The monoisotopic (exact) mass is 385 g/mol. The predicted molar refractivity (Wildman–Crippen MR) is 106 cm³/mol. The van der Waals surface area contributed by atoms with Crippen LogP contribution in [0.5, 0.6) is 5.75 Å². The highest BCUT2D eigenvalue weighted by Gasteiger charge is 2.25. The zero-order chi connectivity index (χ0) is 19.5. The van der Waals surface area contributed by atoms with Crippen LogP contribution in [-0.2, 0) is 16.4 Å². The fraction of sp³-hybridized carbons (Fsp3) is 0.238. The van der Waals surface area contributed by atoms with E-state index < -0.39 is 15.6 Å². The Morgan fingerprint density at radius 3 is 2.37 bits per heavy atom. The van der Waals surface area contributed by atoms with Gasteiger partial charge < -0.3 is 9.84 Å². The van der Waals surface area contributed by atoms with Gasteiger partial charge in [0.15, 0.2) is 0 Å². The second-order valence-corrected chi connectivity index (χ2v) is 8.56. The highest BCUT2D eigenvalue weighted by molar-refractivity contribution is 7.89. The van der Waals surface area contributed by atoms with Crippen molar-refractivity contribution in [2.24, 2.45) is 0 Å². The Hall–Kier alpha value is -2.41. The molecule has 2 N–H and O–H groups in total. The van der Waals surface area contributed by atoms with Crippen LogP contribution in [0.2, 0.25) is 0 Å². The zero-order valence-corrected chi connectivity index (χ0v) is 16.2. The molecule has 0 aliphatic heterocycles. The number of nitrogens with one attached hydrogen (secondary N) is 1. The highest BCUT2D eigenvalue weighted by Crippen LogP contribution is 2.23. The average Bonchev–Trinajstić information content (AvgIpc) is 2.66. The maximum atomic E-state index is 12.8. The number of ether oxygens (including phenoxy) is 1. The lowest BCUT2D eigenvalue weighted by Crippen LogP contribution is -2.42. The van der Waals surface area contributed by atoms with Crippen LogP contribution < -0.4 is 9.46 Å². The van der Waals surface area contributed by atoms with Gasteiger partial charge in [0.2, 0.25) is 10.0 Å². The fourth-order valence-corrected chi connectivity index (χ4v) is 4.39. The SMILES string of the molecule is COc1ccc(C[C@](C)(O)CNS(=O)(=O)c2cccc3ccccc23)cc1. The van der Waals surface area contributed by atoms with Crippen molar-refractivity contribution < 1.29 is 18.3 Å². The van der Waals surface area contributed by atoms with E-state index in [0.29, 0.717) is 11.8 Å². The van der Waals surface area contributed by atoms with Crippen molar-refractivity contribution >= 4 is 20.8 Å². The summed E-state index contributed by atoms with van der Waals surface area (Å²) in [7, 11) is -2.16. The molecule has 3 rings (SSSR count). The lowest BCUT2D eigenvalue weighted by molar-refractivity contribution is 0.0657. The van der Waals surface area contributed by atoms with E-state index >= 15 is 0 Å². The summed E-state index contributed by atoms with van der Waals surface area (Å²) in [4.78, 5) is 0.209. The first-order valence-corrected chi connectivity index (χ1v) is 10.1. The molecule has 0 aliphatic rings. The van der Waals surface area contributed by atoms with Gasteiger partial charge in [0, 0.05) is 18.4 Å². The Balaban J connectivity index is 1.75. The number of methoxy groups -OCH3 is 1. The van der Waals surface area contributed by atoms with Crippen molar-refractivity contribution in [2.45, 2.75) is 23.8 Å². The van der Waals surface area contributed by atoms with Crippen molar-refractivity contribution in [3.8, 4) is 5.75 Å². The summed E-state index contributed by atoms with van der Waals surface area (Å²) in [6.45, 7) is 1.52. The summed E-state index contributed by atoms with van der Waals surface area (Å²) in [6, 6.07) is 19.8. The summed E-state index contributed by atoms with van der Waals surface area (Å²) in [5.74, 6) is 0.732. The second-order valence-electron chi connectivity index (χ2n) is 6.82. The van der Waals surface area contributed by atoms with E-state index in [1.807, 2.05) is 42.5 Å². The Labute approximate surface area is 159 Å². The zero-order valence-electron chi connectivity index (χ0n) is 15.3. The molecule has 6 heteroatoms. The first kappa shape index (κ1) is 19.4. The minimum absolute atomic E-state index is 0.0927. The molecule has 27 heavy (non-hydrogen) atoms. The molecular weight excluding hydrogens is 362 g/mol. The summed E-state index contributed by atoms with van der Waals surface area (Å²) in [6.07, 6.45) is 0.315. The highest BCUT2D eigenvalue weighted by atomic mass is 32.2. The number of hydrogen-bond donors (Lipinski definition) is 2. The standard InChI is InChI=1S/C21H23NO4S/c1-21(23,14-16-10-12-18(26-2)13-11-16)15-22-27(24,25)20-9-5-7-17-6-3-4-8-19(17)20/h3-13,22-23H,14-15H2,1-2H3/t21-/m0/s1. The number of hydrogen-bond acceptors (Lipinski definition) is 4. The van der Waals surface area contributed by atoms with E-state index in [1.54, 1.807) is 38.3 Å². The average molecular weight is 385 g/mol. The fourth-order valence-electron chi connectivity index (χ4n) is 3.00. The van der Waals surface area contributed by atoms with Gasteiger partial charge in [-0.15, -0.1) is 0 Å². The third-order valence-electron chi connectivity index (χ3n) is 4.43. The van der Waals surface area contributed by atoms with Crippen LogP contribution in [0.1, 0.15) is 12.5 Å². The van der Waals surface area contributed by atoms with Gasteiger partial charge in [-0.2, -0.15) is 0 Å². The predicted octanol–water partition coefficient (Wildman–Crippen LogP) is 3.12. The Kier molecular flexibility index (Phi) is 5.51. The van der Waals surface area contributed by atoms with Crippen LogP contribution in [-0.4, -0.2) is 32.8 Å². The van der Waals surface area contributed by atoms with Crippen molar-refractivity contribution in [3.63, 3.8) is 0 Å². The van der Waals surface area contributed by atoms with Gasteiger partial charge in [-0.05, 0) is 36.1 Å². The van der Waals surface area contributed by atoms with E-state index in [9.17, 15) is 13.5 Å². The quantitative estimate of drug-likeness (QED) is 0.655. The molecule has 3 aromatic carbocycles. The molecular formula is C21H23NO4S. The first-order chi connectivity index (χ1) is 12.8. The van der Waals surface area contributed by atoms with Gasteiger partial charge in [0.25, 0.3) is 0 Å². The molecule has 0 amide bonds. The molecule has 3 aromatic rings. The van der Waals surface area contributed by atoms with Crippen molar-refractivity contribution in [3.05, 3.63) is 72.3 Å². The van der Waals surface area contributed by atoms with Crippen LogP contribution in [0.3, 0.4) is 0 Å². The number of sulfonamides is 1. The van der Waals surface area contributed by atoms with Crippen molar-refractivity contribution in [1.82, 2.24) is 4.72 Å². The molecule has 0 aromatic heterocycles. The van der Waals surface area contributed by atoms with Gasteiger partial charge >= 0.3 is 0 Å². The van der Waals surface area contributed by atoms with E-state index in [-0.39, 0.29) is 11.4 Å². The lowest BCUT2D eigenvalue weighted by Gasteiger charge is -2.24. The molecule has 0 fully saturated rings.